The van der Waals surface area contributed by atoms with Crippen LogP contribution in [0.5, 0.6) is 0 Å². The van der Waals surface area contributed by atoms with Crippen LogP contribution in [0.4, 0.5) is 0 Å². The van der Waals surface area contributed by atoms with E-state index in [-0.39, 0.29) is 5.54 Å². The molecule has 0 aromatic rings. The first-order valence-corrected chi connectivity index (χ1v) is 7.68. The second kappa shape index (κ2) is 5.94. The topological polar surface area (TPSA) is 49.8 Å². The van der Waals surface area contributed by atoms with Crippen LogP contribution in [0.15, 0.2) is 30.3 Å². The maximum atomic E-state index is 9.46. The summed E-state index contributed by atoms with van der Waals surface area (Å²) in [5.74, 6) is 0.443. The van der Waals surface area contributed by atoms with Crippen molar-refractivity contribution in [2.45, 2.75) is 46.1 Å². The number of rotatable bonds is 3. The molecule has 0 saturated heterocycles. The van der Waals surface area contributed by atoms with Gasteiger partial charge in [-0.2, -0.15) is 5.26 Å². The van der Waals surface area contributed by atoms with Crippen LogP contribution < -0.4 is 5.73 Å². The molecule has 2 N–H and O–H groups in total. The molecule has 0 fully saturated rings. The molecular weight excluding hydrogens is 268 g/mol. The van der Waals surface area contributed by atoms with Crippen LogP contribution in [-0.2, 0) is 0 Å². The van der Waals surface area contributed by atoms with Crippen LogP contribution in [0, 0.1) is 18.3 Å². The standard InChI is InChI=1S/C20H24N2/c1-13(2)15-7-6-14(3)19-17(12-21)10-16(18(19)11-15)8-9-20(4,5)22/h6-11,13H,22H2,1-5H3. The third kappa shape index (κ3) is 3.37. The lowest BCUT2D eigenvalue weighted by Gasteiger charge is -2.11. The van der Waals surface area contributed by atoms with Crippen molar-refractivity contribution in [1.82, 2.24) is 0 Å². The van der Waals surface area contributed by atoms with E-state index in [0.29, 0.717) is 5.92 Å². The van der Waals surface area contributed by atoms with E-state index in [9.17, 15) is 5.26 Å². The third-order valence-electron chi connectivity index (χ3n) is 3.86. The highest BCUT2D eigenvalue weighted by Crippen LogP contribution is 2.37. The monoisotopic (exact) mass is 292 g/mol. The van der Waals surface area contributed by atoms with Crippen molar-refractivity contribution in [3.8, 4) is 17.2 Å². The van der Waals surface area contributed by atoms with Crippen molar-refractivity contribution in [3.05, 3.63) is 52.6 Å². The Hall–Kier alpha value is -2.11. The first kappa shape index (κ1) is 16.3. The Morgan fingerprint density at radius 1 is 1.23 bits per heavy atom. The summed E-state index contributed by atoms with van der Waals surface area (Å²) in [4.78, 5) is 0. The van der Waals surface area contributed by atoms with E-state index in [1.165, 1.54) is 5.56 Å². The lowest BCUT2D eigenvalue weighted by atomic mass is 9.99. The minimum atomic E-state index is -0.372. The molecule has 22 heavy (non-hydrogen) atoms. The molecule has 2 heteroatoms. The normalized spacial score (nSPS) is 12.3. The van der Waals surface area contributed by atoms with Gasteiger partial charge < -0.3 is 5.73 Å². The molecule has 0 radical (unpaired) electrons. The maximum Gasteiger partial charge on any atom is 0.0998 e. The lowest BCUT2D eigenvalue weighted by Crippen LogP contribution is -2.28. The molecule has 2 aliphatic rings. The zero-order valence-electron chi connectivity index (χ0n) is 14.1. The number of fused-ring (bicyclic) bond motifs is 1. The molecule has 0 heterocycles. The van der Waals surface area contributed by atoms with Crippen molar-refractivity contribution >= 4 is 6.08 Å². The van der Waals surface area contributed by atoms with E-state index in [4.69, 9.17) is 5.73 Å². The number of aryl methyl sites for hydroxylation is 1. The van der Waals surface area contributed by atoms with Gasteiger partial charge in [0.1, 0.15) is 0 Å². The fraction of sp³-hybridized carbons (Fsp3) is 0.350. The van der Waals surface area contributed by atoms with E-state index in [2.05, 4.69) is 45.0 Å². The zero-order chi connectivity index (χ0) is 16.5. The number of hydrogen-bond acceptors (Lipinski definition) is 2. The SMILES string of the molecule is Cc1ccc(C(C)C)cc2c(C=CC(C)(C)N)cc(C#N)c1-2. The quantitative estimate of drug-likeness (QED) is 0.879. The lowest BCUT2D eigenvalue weighted by molar-refractivity contribution is 0.657. The molecule has 2 aliphatic carbocycles. The first-order valence-electron chi connectivity index (χ1n) is 7.68. The van der Waals surface area contributed by atoms with Gasteiger partial charge in [0.05, 0.1) is 11.6 Å². The Labute approximate surface area is 133 Å². The van der Waals surface area contributed by atoms with E-state index in [1.54, 1.807) is 0 Å². The molecule has 0 aliphatic heterocycles. The predicted molar refractivity (Wildman–Crippen MR) is 93.9 cm³/mol. The number of nitrogens with two attached hydrogens (primary N) is 1. The largest absolute Gasteiger partial charge is 0.322 e. The Morgan fingerprint density at radius 3 is 2.45 bits per heavy atom. The number of nitrogens with zero attached hydrogens (tertiary/aromatic N) is 1. The minimum absolute atomic E-state index is 0.372. The van der Waals surface area contributed by atoms with Crippen LogP contribution >= 0.6 is 0 Å². The second-order valence-corrected chi connectivity index (χ2v) is 6.88. The Kier molecular flexibility index (Phi) is 4.39. The van der Waals surface area contributed by atoms with Crippen molar-refractivity contribution in [3.63, 3.8) is 0 Å². The van der Waals surface area contributed by atoms with Crippen molar-refractivity contribution in [2.24, 2.45) is 5.73 Å². The van der Waals surface area contributed by atoms with Gasteiger partial charge in [0, 0.05) is 11.1 Å². The molecule has 2 rings (SSSR count). The average molecular weight is 292 g/mol. The molecule has 0 bridgehead atoms. The van der Waals surface area contributed by atoms with Crippen molar-refractivity contribution in [1.29, 1.82) is 5.26 Å². The van der Waals surface area contributed by atoms with E-state index >= 15 is 0 Å². The molecule has 0 saturated carbocycles. The smallest absolute Gasteiger partial charge is 0.0998 e. The van der Waals surface area contributed by atoms with Gasteiger partial charge in [0.25, 0.3) is 0 Å². The minimum Gasteiger partial charge on any atom is -0.322 e. The van der Waals surface area contributed by atoms with Gasteiger partial charge in [-0.3, -0.25) is 0 Å². The summed E-state index contributed by atoms with van der Waals surface area (Å²) in [7, 11) is 0. The van der Waals surface area contributed by atoms with E-state index in [0.717, 1.165) is 27.8 Å². The van der Waals surface area contributed by atoms with Gasteiger partial charge in [0.2, 0.25) is 0 Å². The highest BCUT2D eigenvalue weighted by atomic mass is 14.7. The van der Waals surface area contributed by atoms with Crippen LogP contribution in [0.2, 0.25) is 0 Å². The highest BCUT2D eigenvalue weighted by Gasteiger charge is 2.17. The van der Waals surface area contributed by atoms with Gasteiger partial charge in [-0.1, -0.05) is 44.2 Å². The molecule has 0 spiro atoms. The third-order valence-corrected chi connectivity index (χ3v) is 3.86. The molecule has 0 atom stereocenters. The summed E-state index contributed by atoms with van der Waals surface area (Å²) in [6.07, 6.45) is 4.02. The zero-order valence-corrected chi connectivity index (χ0v) is 14.1. The molecule has 0 aromatic carbocycles. The summed E-state index contributed by atoms with van der Waals surface area (Å²) >= 11 is 0. The summed E-state index contributed by atoms with van der Waals surface area (Å²) in [5.41, 5.74) is 12.0. The van der Waals surface area contributed by atoms with Crippen LogP contribution in [-0.4, -0.2) is 5.54 Å². The molecule has 2 nitrogen and oxygen atoms in total. The second-order valence-electron chi connectivity index (χ2n) is 6.88. The predicted octanol–water partition coefficient (Wildman–Crippen LogP) is 4.85. The van der Waals surface area contributed by atoms with Gasteiger partial charge in [-0.25, -0.2) is 0 Å². The number of hydrogen-bond donors (Lipinski definition) is 1. The molecular formula is C20H24N2. The highest BCUT2D eigenvalue weighted by molar-refractivity contribution is 5.86. The van der Waals surface area contributed by atoms with E-state index < -0.39 is 0 Å². The van der Waals surface area contributed by atoms with Gasteiger partial charge in [0.15, 0.2) is 0 Å². The summed E-state index contributed by atoms with van der Waals surface area (Å²) in [6.45, 7) is 10.4. The van der Waals surface area contributed by atoms with Crippen LogP contribution in [0.3, 0.4) is 0 Å². The van der Waals surface area contributed by atoms with Gasteiger partial charge >= 0.3 is 0 Å². The van der Waals surface area contributed by atoms with Crippen LogP contribution in [0.1, 0.15) is 55.9 Å². The fourth-order valence-corrected chi connectivity index (χ4v) is 2.58. The molecule has 0 amide bonds. The van der Waals surface area contributed by atoms with Gasteiger partial charge in [-0.15, -0.1) is 0 Å². The molecule has 0 unspecified atom stereocenters. The first-order chi connectivity index (χ1) is 10.2. The average Bonchev–Trinajstić information content (AvgIpc) is 2.67. The Morgan fingerprint density at radius 2 is 1.91 bits per heavy atom. The summed E-state index contributed by atoms with van der Waals surface area (Å²) < 4.78 is 0. The van der Waals surface area contributed by atoms with Crippen molar-refractivity contribution < 1.29 is 0 Å². The number of nitriles is 1. The maximum absolute atomic E-state index is 9.46. The fourth-order valence-electron chi connectivity index (χ4n) is 2.58. The van der Waals surface area contributed by atoms with Crippen molar-refractivity contribution in [2.75, 3.05) is 0 Å². The van der Waals surface area contributed by atoms with E-state index in [1.807, 2.05) is 32.1 Å². The summed E-state index contributed by atoms with van der Waals surface area (Å²) in [5, 5.41) is 9.46. The van der Waals surface area contributed by atoms with Crippen LogP contribution in [0.25, 0.3) is 17.2 Å². The molecule has 0 aromatic heterocycles. The molecule has 114 valence electrons. The Balaban J connectivity index is 2.72. The summed E-state index contributed by atoms with van der Waals surface area (Å²) in [6, 6.07) is 10.8. The van der Waals surface area contributed by atoms with Gasteiger partial charge in [-0.05, 0) is 55.0 Å². The Bertz CT molecular complexity index is 725.